The summed E-state index contributed by atoms with van der Waals surface area (Å²) in [5.74, 6) is 0.380. The van der Waals surface area contributed by atoms with Crippen LogP contribution in [0.1, 0.15) is 46.3 Å². The van der Waals surface area contributed by atoms with Crippen molar-refractivity contribution in [2.75, 3.05) is 0 Å². The van der Waals surface area contributed by atoms with Gasteiger partial charge >= 0.3 is 5.97 Å². The van der Waals surface area contributed by atoms with Gasteiger partial charge in [0.25, 0.3) is 0 Å². The van der Waals surface area contributed by atoms with Crippen molar-refractivity contribution in [1.82, 2.24) is 0 Å². The van der Waals surface area contributed by atoms with Gasteiger partial charge < -0.3 is 9.84 Å². The average molecular weight is 360 g/mol. The molecule has 0 saturated carbocycles. The second kappa shape index (κ2) is 9.04. The van der Waals surface area contributed by atoms with Crippen LogP contribution in [0.4, 0.5) is 0 Å². The molecule has 0 heterocycles. The van der Waals surface area contributed by atoms with Crippen LogP contribution in [0.5, 0.6) is 5.75 Å². The summed E-state index contributed by atoms with van der Waals surface area (Å²) in [6, 6.07) is 25.5. The lowest BCUT2D eigenvalue weighted by atomic mass is 9.93. The first-order valence-corrected chi connectivity index (χ1v) is 9.21. The van der Waals surface area contributed by atoms with Crippen molar-refractivity contribution in [2.45, 2.75) is 32.3 Å². The first kappa shape index (κ1) is 18.7. The van der Waals surface area contributed by atoms with Gasteiger partial charge in [0, 0.05) is 0 Å². The number of hydrogen-bond donors (Lipinski definition) is 1. The molecule has 0 saturated heterocycles. The molecule has 0 aromatic heterocycles. The van der Waals surface area contributed by atoms with Gasteiger partial charge in [-0.1, -0.05) is 67.6 Å². The van der Waals surface area contributed by atoms with Crippen LogP contribution < -0.4 is 4.74 Å². The van der Waals surface area contributed by atoms with E-state index in [2.05, 4.69) is 25.1 Å². The Bertz CT molecular complexity index is 870. The van der Waals surface area contributed by atoms with Crippen LogP contribution >= 0.6 is 0 Å². The van der Waals surface area contributed by atoms with Crippen LogP contribution in [0, 0.1) is 0 Å². The maximum absolute atomic E-state index is 11.0. The predicted molar refractivity (Wildman–Crippen MR) is 107 cm³/mol. The van der Waals surface area contributed by atoms with Crippen molar-refractivity contribution < 1.29 is 14.6 Å². The molecule has 0 fully saturated rings. The maximum Gasteiger partial charge on any atom is 0.335 e. The van der Waals surface area contributed by atoms with Crippen LogP contribution in [0.3, 0.4) is 0 Å². The van der Waals surface area contributed by atoms with Gasteiger partial charge in [-0.25, -0.2) is 4.79 Å². The Labute approximate surface area is 160 Å². The van der Waals surface area contributed by atoms with E-state index < -0.39 is 5.97 Å². The molecule has 3 nitrogen and oxygen atoms in total. The lowest BCUT2D eigenvalue weighted by Crippen LogP contribution is -2.03. The van der Waals surface area contributed by atoms with Crippen LogP contribution in [0.2, 0.25) is 0 Å². The molecular weight excluding hydrogens is 336 g/mol. The van der Waals surface area contributed by atoms with E-state index in [-0.39, 0.29) is 0 Å². The topological polar surface area (TPSA) is 46.5 Å². The van der Waals surface area contributed by atoms with E-state index in [1.807, 2.05) is 48.5 Å². The van der Waals surface area contributed by atoms with Gasteiger partial charge in [-0.15, -0.1) is 0 Å². The summed E-state index contributed by atoms with van der Waals surface area (Å²) in [5, 5.41) is 8.99. The Hall–Kier alpha value is -3.07. The van der Waals surface area contributed by atoms with Gasteiger partial charge in [-0.3, -0.25) is 0 Å². The molecule has 3 aromatic carbocycles. The predicted octanol–water partition coefficient (Wildman–Crippen LogP) is 5.70. The molecule has 0 aliphatic heterocycles. The van der Waals surface area contributed by atoms with Gasteiger partial charge in [0.2, 0.25) is 0 Å². The van der Waals surface area contributed by atoms with Gasteiger partial charge in [0.15, 0.2) is 0 Å². The fourth-order valence-electron chi connectivity index (χ4n) is 3.11. The summed E-state index contributed by atoms with van der Waals surface area (Å²) in [4.78, 5) is 11.0. The number of carboxylic acids is 1. The molecule has 1 atom stereocenters. The molecule has 0 aliphatic carbocycles. The number of hydrogen-bond acceptors (Lipinski definition) is 2. The Kier molecular flexibility index (Phi) is 6.26. The number of ether oxygens (including phenoxy) is 1. The standard InChI is InChI=1S/C24H24O3/c1-18(11-12-19-13-15-21(16-14-19)24(25)26)22-9-5-6-10-23(22)27-17-20-7-3-2-4-8-20/h2-10,13-16,18H,11-12,17H2,1H3,(H,25,26). The Morgan fingerprint density at radius 2 is 1.56 bits per heavy atom. The van der Waals surface area contributed by atoms with Crippen molar-refractivity contribution in [2.24, 2.45) is 0 Å². The number of para-hydroxylation sites is 1. The summed E-state index contributed by atoms with van der Waals surface area (Å²) < 4.78 is 6.07. The third-order valence-corrected chi connectivity index (χ3v) is 4.75. The molecule has 0 bridgehead atoms. The van der Waals surface area contributed by atoms with E-state index in [4.69, 9.17) is 9.84 Å². The van der Waals surface area contributed by atoms with Gasteiger partial charge in [0.1, 0.15) is 12.4 Å². The van der Waals surface area contributed by atoms with Crippen molar-refractivity contribution in [3.05, 3.63) is 101 Å². The second-order valence-corrected chi connectivity index (χ2v) is 6.75. The zero-order chi connectivity index (χ0) is 19.1. The molecule has 3 rings (SSSR count). The monoisotopic (exact) mass is 360 g/mol. The molecule has 3 heteroatoms. The Morgan fingerprint density at radius 3 is 2.26 bits per heavy atom. The van der Waals surface area contributed by atoms with Crippen LogP contribution in [-0.4, -0.2) is 11.1 Å². The van der Waals surface area contributed by atoms with Crippen LogP contribution in [0.15, 0.2) is 78.9 Å². The number of carboxylic acid groups (broad SMARTS) is 1. The van der Waals surface area contributed by atoms with E-state index in [1.165, 1.54) is 5.56 Å². The minimum Gasteiger partial charge on any atom is -0.489 e. The zero-order valence-corrected chi connectivity index (χ0v) is 15.5. The average Bonchev–Trinajstić information content (AvgIpc) is 2.71. The number of aromatic carboxylic acids is 1. The first-order chi connectivity index (χ1) is 13.1. The number of rotatable bonds is 8. The summed E-state index contributed by atoms with van der Waals surface area (Å²) in [5.41, 5.74) is 3.83. The SMILES string of the molecule is CC(CCc1ccc(C(=O)O)cc1)c1ccccc1OCc1ccccc1. The van der Waals surface area contributed by atoms with Crippen molar-refractivity contribution in [1.29, 1.82) is 0 Å². The minimum absolute atomic E-state index is 0.325. The Morgan fingerprint density at radius 1 is 0.889 bits per heavy atom. The minimum atomic E-state index is -0.889. The lowest BCUT2D eigenvalue weighted by molar-refractivity contribution is 0.0697. The maximum atomic E-state index is 11.0. The highest BCUT2D eigenvalue weighted by molar-refractivity contribution is 5.87. The van der Waals surface area contributed by atoms with E-state index in [1.54, 1.807) is 12.1 Å². The Balaban J connectivity index is 1.62. The van der Waals surface area contributed by atoms with Crippen molar-refractivity contribution in [3.63, 3.8) is 0 Å². The van der Waals surface area contributed by atoms with Gasteiger partial charge in [0.05, 0.1) is 5.56 Å². The quantitative estimate of drug-likeness (QED) is 0.560. The lowest BCUT2D eigenvalue weighted by Gasteiger charge is -2.17. The number of benzene rings is 3. The fourth-order valence-corrected chi connectivity index (χ4v) is 3.11. The second-order valence-electron chi connectivity index (χ2n) is 6.75. The molecular formula is C24H24O3. The van der Waals surface area contributed by atoms with E-state index >= 15 is 0 Å². The summed E-state index contributed by atoms with van der Waals surface area (Å²) >= 11 is 0. The zero-order valence-electron chi connectivity index (χ0n) is 15.5. The highest BCUT2D eigenvalue weighted by Crippen LogP contribution is 2.30. The van der Waals surface area contributed by atoms with Crippen molar-refractivity contribution in [3.8, 4) is 5.75 Å². The largest absolute Gasteiger partial charge is 0.489 e. The smallest absolute Gasteiger partial charge is 0.335 e. The molecule has 27 heavy (non-hydrogen) atoms. The molecule has 1 N–H and O–H groups in total. The van der Waals surface area contributed by atoms with E-state index in [0.29, 0.717) is 18.1 Å². The van der Waals surface area contributed by atoms with Gasteiger partial charge in [-0.2, -0.15) is 0 Å². The third kappa shape index (κ3) is 5.20. The van der Waals surface area contributed by atoms with E-state index in [9.17, 15) is 4.79 Å². The van der Waals surface area contributed by atoms with E-state index in [0.717, 1.165) is 29.7 Å². The molecule has 3 aromatic rings. The number of aryl methyl sites for hydroxylation is 1. The third-order valence-electron chi connectivity index (χ3n) is 4.75. The van der Waals surface area contributed by atoms with Crippen LogP contribution in [0.25, 0.3) is 0 Å². The molecule has 1 unspecified atom stereocenters. The highest BCUT2D eigenvalue weighted by Gasteiger charge is 2.12. The summed E-state index contributed by atoms with van der Waals surface area (Å²) in [6.07, 6.45) is 1.87. The normalized spacial score (nSPS) is 11.7. The molecule has 0 amide bonds. The highest BCUT2D eigenvalue weighted by atomic mass is 16.5. The fraction of sp³-hybridized carbons (Fsp3) is 0.208. The number of carbonyl (C=O) groups is 1. The summed E-state index contributed by atoms with van der Waals surface area (Å²) in [6.45, 7) is 2.76. The molecule has 138 valence electrons. The van der Waals surface area contributed by atoms with Gasteiger partial charge in [-0.05, 0) is 53.6 Å². The first-order valence-electron chi connectivity index (χ1n) is 9.21. The molecule has 0 aliphatic rings. The van der Waals surface area contributed by atoms with Crippen molar-refractivity contribution >= 4 is 5.97 Å². The molecule has 0 radical (unpaired) electrons. The van der Waals surface area contributed by atoms with Crippen LogP contribution in [-0.2, 0) is 13.0 Å². The molecule has 0 spiro atoms. The summed E-state index contributed by atoms with van der Waals surface area (Å²) in [7, 11) is 0.